The van der Waals surface area contributed by atoms with Crippen molar-refractivity contribution in [1.29, 1.82) is 0 Å². The monoisotopic (exact) mass is 283 g/mol. The fourth-order valence-corrected chi connectivity index (χ4v) is 2.75. The van der Waals surface area contributed by atoms with Crippen LogP contribution in [0.15, 0.2) is 0 Å². The van der Waals surface area contributed by atoms with Crippen LogP contribution in [0.2, 0.25) is 0 Å². The molecule has 1 saturated carbocycles. The smallest absolute Gasteiger partial charge is 0.326 e. The molecule has 1 saturated heterocycles. The maximum Gasteiger partial charge on any atom is 0.326 e. The Labute approximate surface area is 119 Å². The topological polar surface area (TPSA) is 81.7 Å². The Bertz CT molecular complexity index is 369. The van der Waals surface area contributed by atoms with Gasteiger partial charge in [0.05, 0.1) is 0 Å². The van der Waals surface area contributed by atoms with Gasteiger partial charge >= 0.3 is 12.0 Å². The molecule has 20 heavy (non-hydrogen) atoms. The van der Waals surface area contributed by atoms with Crippen molar-refractivity contribution in [3.05, 3.63) is 0 Å². The summed E-state index contributed by atoms with van der Waals surface area (Å²) in [6.07, 6.45) is 3.94. The average Bonchev–Trinajstić information content (AvgIpc) is 3.09. The number of carbonyl (C=O) groups excluding carboxylic acids is 1. The maximum atomic E-state index is 11.9. The number of carboxylic acids is 1. The Kier molecular flexibility index (Phi) is 4.86. The van der Waals surface area contributed by atoms with Gasteiger partial charge in [-0.3, -0.25) is 4.90 Å². The highest BCUT2D eigenvalue weighted by Gasteiger charge is 2.35. The van der Waals surface area contributed by atoms with Crippen molar-refractivity contribution in [1.82, 2.24) is 15.5 Å². The number of hydrogen-bond donors (Lipinski definition) is 3. The Morgan fingerprint density at radius 3 is 2.55 bits per heavy atom. The van der Waals surface area contributed by atoms with Crippen molar-refractivity contribution in [2.75, 3.05) is 13.1 Å². The molecule has 2 unspecified atom stereocenters. The summed E-state index contributed by atoms with van der Waals surface area (Å²) < 4.78 is 0. The van der Waals surface area contributed by atoms with Crippen molar-refractivity contribution in [2.24, 2.45) is 5.92 Å². The number of carbonyl (C=O) groups is 2. The van der Waals surface area contributed by atoms with Gasteiger partial charge in [-0.1, -0.05) is 13.8 Å². The van der Waals surface area contributed by atoms with Crippen LogP contribution in [0.4, 0.5) is 4.79 Å². The second-order valence-corrected chi connectivity index (χ2v) is 6.35. The van der Waals surface area contributed by atoms with Crippen LogP contribution in [0, 0.1) is 5.92 Å². The predicted octanol–water partition coefficient (Wildman–Crippen LogP) is 1.02. The summed E-state index contributed by atoms with van der Waals surface area (Å²) in [7, 11) is 0. The third-order valence-electron chi connectivity index (χ3n) is 3.93. The van der Waals surface area contributed by atoms with Crippen LogP contribution in [-0.4, -0.2) is 53.2 Å². The molecule has 2 amide bonds. The number of hydrogen-bond acceptors (Lipinski definition) is 3. The molecule has 0 aromatic rings. The summed E-state index contributed by atoms with van der Waals surface area (Å²) in [6, 6.07) is -0.307. The summed E-state index contributed by atoms with van der Waals surface area (Å²) in [6.45, 7) is 5.81. The molecule has 6 nitrogen and oxygen atoms in total. The number of rotatable bonds is 6. The van der Waals surface area contributed by atoms with Gasteiger partial charge in [-0.05, 0) is 31.6 Å². The summed E-state index contributed by atoms with van der Waals surface area (Å²) in [5.41, 5.74) is 0. The zero-order chi connectivity index (χ0) is 14.7. The molecular formula is C14H25N3O3. The van der Waals surface area contributed by atoms with Gasteiger partial charge in [-0.15, -0.1) is 0 Å². The standard InChI is InChI=1S/C14H25N3O3/c1-9(2)7-12(13(18)19)16-14(20)15-10-5-6-17(8-10)11-3-4-11/h9-12H,3-8H2,1-2H3,(H,18,19)(H2,15,16,20). The van der Waals surface area contributed by atoms with Crippen LogP contribution in [0.5, 0.6) is 0 Å². The van der Waals surface area contributed by atoms with Crippen LogP contribution in [0.3, 0.4) is 0 Å². The molecule has 0 spiro atoms. The quantitative estimate of drug-likeness (QED) is 0.680. The number of carboxylic acid groups (broad SMARTS) is 1. The van der Waals surface area contributed by atoms with Crippen molar-refractivity contribution in [2.45, 2.75) is 57.7 Å². The van der Waals surface area contributed by atoms with Crippen molar-refractivity contribution in [3.8, 4) is 0 Å². The molecule has 2 atom stereocenters. The van der Waals surface area contributed by atoms with E-state index in [9.17, 15) is 9.59 Å². The minimum Gasteiger partial charge on any atom is -0.480 e. The van der Waals surface area contributed by atoms with Gasteiger partial charge in [0.15, 0.2) is 0 Å². The highest BCUT2D eigenvalue weighted by atomic mass is 16.4. The third-order valence-corrected chi connectivity index (χ3v) is 3.93. The molecule has 2 rings (SSSR count). The fourth-order valence-electron chi connectivity index (χ4n) is 2.75. The zero-order valence-corrected chi connectivity index (χ0v) is 12.3. The van der Waals surface area contributed by atoms with Crippen LogP contribution < -0.4 is 10.6 Å². The van der Waals surface area contributed by atoms with Crippen LogP contribution in [-0.2, 0) is 4.79 Å². The minimum absolute atomic E-state index is 0.143. The lowest BCUT2D eigenvalue weighted by Gasteiger charge is -2.19. The molecule has 1 heterocycles. The van der Waals surface area contributed by atoms with Gasteiger partial charge in [0.2, 0.25) is 0 Å². The SMILES string of the molecule is CC(C)CC(NC(=O)NC1CCN(C2CC2)C1)C(=O)O. The molecular weight excluding hydrogens is 258 g/mol. The number of urea groups is 1. The molecule has 0 bridgehead atoms. The molecule has 0 aromatic heterocycles. The molecule has 2 fully saturated rings. The van der Waals surface area contributed by atoms with E-state index in [-0.39, 0.29) is 18.0 Å². The summed E-state index contributed by atoms with van der Waals surface area (Å²) in [5.74, 6) is -0.742. The van der Waals surface area contributed by atoms with E-state index in [0.717, 1.165) is 25.6 Å². The van der Waals surface area contributed by atoms with E-state index in [2.05, 4.69) is 15.5 Å². The predicted molar refractivity (Wildman–Crippen MR) is 75.5 cm³/mol. The largest absolute Gasteiger partial charge is 0.480 e. The fraction of sp³-hybridized carbons (Fsp3) is 0.857. The lowest BCUT2D eigenvalue weighted by Crippen LogP contribution is -2.50. The first-order chi connectivity index (χ1) is 9.45. The minimum atomic E-state index is -0.972. The Morgan fingerprint density at radius 2 is 2.00 bits per heavy atom. The molecule has 1 aliphatic carbocycles. The van der Waals surface area contributed by atoms with Gasteiger partial charge < -0.3 is 15.7 Å². The average molecular weight is 283 g/mol. The van der Waals surface area contributed by atoms with Gasteiger partial charge in [-0.2, -0.15) is 0 Å². The highest BCUT2D eigenvalue weighted by molar-refractivity contribution is 5.82. The van der Waals surface area contributed by atoms with Crippen molar-refractivity contribution >= 4 is 12.0 Å². The Balaban J connectivity index is 1.74. The number of amides is 2. The van der Waals surface area contributed by atoms with Crippen molar-refractivity contribution < 1.29 is 14.7 Å². The molecule has 1 aliphatic heterocycles. The molecule has 6 heteroatoms. The Hall–Kier alpha value is -1.30. The normalized spacial score (nSPS) is 24.6. The first kappa shape index (κ1) is 15.1. The maximum absolute atomic E-state index is 11.9. The van der Waals surface area contributed by atoms with Gasteiger partial charge in [0.1, 0.15) is 6.04 Å². The van der Waals surface area contributed by atoms with E-state index in [0.29, 0.717) is 6.42 Å². The third kappa shape index (κ3) is 4.37. The number of nitrogens with zero attached hydrogens (tertiary/aromatic N) is 1. The van der Waals surface area contributed by atoms with E-state index in [1.807, 2.05) is 13.8 Å². The first-order valence-electron chi connectivity index (χ1n) is 7.49. The van der Waals surface area contributed by atoms with Crippen LogP contribution in [0.1, 0.15) is 39.5 Å². The molecule has 3 N–H and O–H groups in total. The van der Waals surface area contributed by atoms with Gasteiger partial charge in [0.25, 0.3) is 0 Å². The summed E-state index contributed by atoms with van der Waals surface area (Å²) in [4.78, 5) is 25.4. The van der Waals surface area contributed by atoms with Crippen molar-refractivity contribution in [3.63, 3.8) is 0 Å². The summed E-state index contributed by atoms with van der Waals surface area (Å²) >= 11 is 0. The molecule has 114 valence electrons. The lowest BCUT2D eigenvalue weighted by molar-refractivity contribution is -0.139. The van der Waals surface area contributed by atoms with Crippen LogP contribution >= 0.6 is 0 Å². The second kappa shape index (κ2) is 6.43. The van der Waals surface area contributed by atoms with E-state index in [4.69, 9.17) is 5.11 Å². The highest BCUT2D eigenvalue weighted by Crippen LogP contribution is 2.29. The van der Waals surface area contributed by atoms with E-state index in [1.54, 1.807) is 0 Å². The van der Waals surface area contributed by atoms with E-state index in [1.165, 1.54) is 12.8 Å². The van der Waals surface area contributed by atoms with Gasteiger partial charge in [0, 0.05) is 25.2 Å². The summed E-state index contributed by atoms with van der Waals surface area (Å²) in [5, 5.41) is 14.6. The molecule has 2 aliphatic rings. The molecule has 0 aromatic carbocycles. The van der Waals surface area contributed by atoms with E-state index < -0.39 is 12.0 Å². The second-order valence-electron chi connectivity index (χ2n) is 6.35. The lowest BCUT2D eigenvalue weighted by atomic mass is 10.0. The zero-order valence-electron chi connectivity index (χ0n) is 12.3. The number of aliphatic carboxylic acids is 1. The van der Waals surface area contributed by atoms with E-state index >= 15 is 0 Å². The Morgan fingerprint density at radius 1 is 1.30 bits per heavy atom. The first-order valence-corrected chi connectivity index (χ1v) is 7.49. The number of nitrogens with one attached hydrogen (secondary N) is 2. The number of likely N-dealkylation sites (tertiary alicyclic amines) is 1. The molecule has 0 radical (unpaired) electrons. The van der Waals surface area contributed by atoms with Crippen LogP contribution in [0.25, 0.3) is 0 Å². The van der Waals surface area contributed by atoms with Gasteiger partial charge in [-0.25, -0.2) is 9.59 Å².